The molecule has 0 spiro atoms. The van der Waals surface area contributed by atoms with E-state index < -0.39 is 0 Å². The summed E-state index contributed by atoms with van der Waals surface area (Å²) in [4.78, 5) is 18.4. The topological polar surface area (TPSA) is 50.2 Å². The highest BCUT2D eigenvalue weighted by atomic mass is 32.1. The van der Waals surface area contributed by atoms with Crippen molar-refractivity contribution < 1.29 is 4.79 Å². The molecule has 0 radical (unpaired) electrons. The summed E-state index contributed by atoms with van der Waals surface area (Å²) in [6.07, 6.45) is 5.93. The van der Waals surface area contributed by atoms with E-state index in [2.05, 4.69) is 14.9 Å². The first kappa shape index (κ1) is 14.1. The van der Waals surface area contributed by atoms with Gasteiger partial charge in [-0.15, -0.1) is 11.3 Å². The molecule has 6 heteroatoms. The number of aromatic nitrogens is 2. The maximum atomic E-state index is 12.2. The molecule has 0 fully saturated rings. The van der Waals surface area contributed by atoms with Crippen LogP contribution < -0.4 is 5.32 Å². The lowest BCUT2D eigenvalue weighted by molar-refractivity contribution is 0.207. The average Bonchev–Trinajstić information content (AvgIpc) is 3.07. The first-order valence-corrected chi connectivity index (χ1v) is 8.12. The number of thiophene rings is 1. The van der Waals surface area contributed by atoms with Gasteiger partial charge in [-0.3, -0.25) is 0 Å². The first-order valence-electron chi connectivity index (χ1n) is 7.18. The Morgan fingerprint density at radius 2 is 2.43 bits per heavy atom. The summed E-state index contributed by atoms with van der Waals surface area (Å²) in [5, 5.41) is 6.98. The number of carbonyl (C=O) groups is 1. The third-order valence-corrected chi connectivity index (χ3v) is 4.89. The molecule has 1 aliphatic rings. The van der Waals surface area contributed by atoms with Crippen LogP contribution in [0.15, 0.2) is 23.2 Å². The summed E-state index contributed by atoms with van der Waals surface area (Å²) >= 11 is 1.60. The monoisotopic (exact) mass is 304 g/mol. The molecular formula is C15H20N4OS. The normalized spacial score (nSPS) is 17.3. The number of fused-ring (bicyclic) bond motifs is 1. The number of nitrogens with zero attached hydrogens (tertiary/aromatic N) is 3. The third kappa shape index (κ3) is 3.10. The number of amides is 2. The van der Waals surface area contributed by atoms with Gasteiger partial charge in [-0.25, -0.2) is 9.78 Å². The number of carbonyl (C=O) groups excluding carboxylic acids is 1. The van der Waals surface area contributed by atoms with E-state index in [1.165, 1.54) is 0 Å². The fourth-order valence-corrected chi connectivity index (χ4v) is 3.52. The second-order valence-corrected chi connectivity index (χ2v) is 6.42. The molecule has 112 valence electrons. The van der Waals surface area contributed by atoms with Crippen molar-refractivity contribution in [2.75, 3.05) is 18.9 Å². The fraction of sp³-hybridized carbons (Fsp3) is 0.467. The number of hydrogen-bond donors (Lipinski definition) is 1. The van der Waals surface area contributed by atoms with Crippen molar-refractivity contribution in [2.45, 2.75) is 26.3 Å². The van der Waals surface area contributed by atoms with Crippen molar-refractivity contribution in [3.8, 4) is 0 Å². The summed E-state index contributed by atoms with van der Waals surface area (Å²) in [6.45, 7) is 3.77. The van der Waals surface area contributed by atoms with E-state index in [9.17, 15) is 4.79 Å². The van der Waals surface area contributed by atoms with E-state index in [4.69, 9.17) is 0 Å². The van der Waals surface area contributed by atoms with Crippen LogP contribution in [0, 0.1) is 12.8 Å². The lowest BCUT2D eigenvalue weighted by Crippen LogP contribution is -2.37. The van der Waals surface area contributed by atoms with Gasteiger partial charge in [-0.2, -0.15) is 0 Å². The van der Waals surface area contributed by atoms with Crippen LogP contribution >= 0.6 is 11.3 Å². The summed E-state index contributed by atoms with van der Waals surface area (Å²) < 4.78 is 2.20. The molecule has 3 rings (SSSR count). The zero-order valence-corrected chi connectivity index (χ0v) is 13.2. The number of imidazole rings is 1. The molecule has 1 aliphatic heterocycles. The third-order valence-electron chi connectivity index (χ3n) is 4.03. The average molecular weight is 304 g/mol. The van der Waals surface area contributed by atoms with Gasteiger partial charge in [0.25, 0.3) is 0 Å². The van der Waals surface area contributed by atoms with Crippen molar-refractivity contribution in [1.29, 1.82) is 0 Å². The predicted octanol–water partition coefficient (Wildman–Crippen LogP) is 2.98. The molecule has 2 aromatic rings. The Morgan fingerprint density at radius 1 is 1.57 bits per heavy atom. The van der Waals surface area contributed by atoms with Crippen molar-refractivity contribution in [1.82, 2.24) is 14.5 Å². The summed E-state index contributed by atoms with van der Waals surface area (Å²) in [5.41, 5.74) is 2.03. The van der Waals surface area contributed by atoms with Gasteiger partial charge in [0.15, 0.2) is 0 Å². The van der Waals surface area contributed by atoms with Crippen molar-refractivity contribution in [3.05, 3.63) is 34.5 Å². The lowest BCUT2D eigenvalue weighted by Gasteiger charge is -2.27. The van der Waals surface area contributed by atoms with E-state index >= 15 is 0 Å². The van der Waals surface area contributed by atoms with Crippen molar-refractivity contribution in [3.63, 3.8) is 0 Å². The van der Waals surface area contributed by atoms with E-state index in [1.54, 1.807) is 16.2 Å². The Hall–Kier alpha value is -1.82. The molecule has 21 heavy (non-hydrogen) atoms. The number of nitrogens with one attached hydrogen (secondary N) is 1. The lowest BCUT2D eigenvalue weighted by atomic mass is 9.97. The largest absolute Gasteiger partial charge is 0.335 e. The number of rotatable bonds is 3. The SMILES string of the molecule is Cc1cscc1NC(=O)N(C)C[C@@H]1CCn2ccnc2C1. The van der Waals surface area contributed by atoms with E-state index in [0.717, 1.165) is 43.0 Å². The van der Waals surface area contributed by atoms with Crippen molar-refractivity contribution >= 4 is 23.1 Å². The molecule has 1 N–H and O–H groups in total. The molecule has 0 aromatic carbocycles. The minimum atomic E-state index is -0.0367. The molecule has 0 aliphatic carbocycles. The van der Waals surface area contributed by atoms with Gasteiger partial charge in [0.2, 0.25) is 0 Å². The van der Waals surface area contributed by atoms with Gasteiger partial charge in [-0.1, -0.05) is 0 Å². The number of anilines is 1. The maximum absolute atomic E-state index is 12.2. The van der Waals surface area contributed by atoms with Crippen LogP contribution in [0.2, 0.25) is 0 Å². The molecule has 0 bridgehead atoms. The van der Waals surface area contributed by atoms with Gasteiger partial charge in [0, 0.05) is 44.3 Å². The van der Waals surface area contributed by atoms with Gasteiger partial charge >= 0.3 is 6.03 Å². The second kappa shape index (κ2) is 5.89. The van der Waals surface area contributed by atoms with E-state index in [-0.39, 0.29) is 6.03 Å². The Morgan fingerprint density at radius 3 is 3.19 bits per heavy atom. The van der Waals surface area contributed by atoms with Crippen LogP contribution in [0.3, 0.4) is 0 Å². The Kier molecular flexibility index (Phi) is 3.96. The summed E-state index contributed by atoms with van der Waals surface area (Å²) in [5.74, 6) is 1.62. The molecule has 0 saturated heterocycles. The smallest absolute Gasteiger partial charge is 0.321 e. The molecule has 0 unspecified atom stereocenters. The Bertz CT molecular complexity index is 633. The minimum absolute atomic E-state index is 0.0367. The highest BCUT2D eigenvalue weighted by molar-refractivity contribution is 7.08. The molecule has 5 nitrogen and oxygen atoms in total. The zero-order chi connectivity index (χ0) is 14.8. The van der Waals surface area contributed by atoms with Gasteiger partial charge in [-0.05, 0) is 30.2 Å². The van der Waals surface area contributed by atoms with Crippen LogP contribution in [0.5, 0.6) is 0 Å². The van der Waals surface area contributed by atoms with Crippen LogP contribution in [0.25, 0.3) is 0 Å². The summed E-state index contributed by atoms with van der Waals surface area (Å²) in [6, 6.07) is -0.0367. The Balaban J connectivity index is 1.56. The van der Waals surface area contributed by atoms with E-state index in [1.807, 2.05) is 37.1 Å². The highest BCUT2D eigenvalue weighted by Gasteiger charge is 2.22. The molecular weight excluding hydrogens is 284 g/mol. The summed E-state index contributed by atoms with van der Waals surface area (Å²) in [7, 11) is 1.86. The Labute approximate surface area is 128 Å². The number of urea groups is 1. The standard InChI is InChI=1S/C15H20N4OS/c1-11-9-21-10-13(11)17-15(20)18(2)8-12-3-5-19-6-4-16-14(19)7-12/h4,6,9-10,12H,3,5,7-8H2,1-2H3,(H,17,20)/t12-/m1/s1. The molecule has 2 amide bonds. The van der Waals surface area contributed by atoms with E-state index in [0.29, 0.717) is 5.92 Å². The first-order chi connectivity index (χ1) is 10.1. The molecule has 0 saturated carbocycles. The molecule has 2 aromatic heterocycles. The van der Waals surface area contributed by atoms with Crippen LogP contribution in [-0.2, 0) is 13.0 Å². The molecule has 1 atom stereocenters. The van der Waals surface area contributed by atoms with Crippen LogP contribution in [0.4, 0.5) is 10.5 Å². The van der Waals surface area contributed by atoms with Gasteiger partial charge in [0.05, 0.1) is 5.69 Å². The predicted molar refractivity (Wildman–Crippen MR) is 84.7 cm³/mol. The fourth-order valence-electron chi connectivity index (χ4n) is 2.74. The van der Waals surface area contributed by atoms with Crippen molar-refractivity contribution in [2.24, 2.45) is 5.92 Å². The highest BCUT2D eigenvalue weighted by Crippen LogP contribution is 2.22. The quantitative estimate of drug-likeness (QED) is 0.947. The van der Waals surface area contributed by atoms with Crippen LogP contribution in [0.1, 0.15) is 17.8 Å². The second-order valence-electron chi connectivity index (χ2n) is 5.67. The number of hydrogen-bond acceptors (Lipinski definition) is 3. The van der Waals surface area contributed by atoms with Crippen LogP contribution in [-0.4, -0.2) is 34.1 Å². The van der Waals surface area contributed by atoms with Gasteiger partial charge in [0.1, 0.15) is 5.82 Å². The minimum Gasteiger partial charge on any atom is -0.335 e. The number of aryl methyl sites for hydroxylation is 2. The maximum Gasteiger partial charge on any atom is 0.321 e. The molecule has 3 heterocycles. The zero-order valence-electron chi connectivity index (χ0n) is 12.4. The van der Waals surface area contributed by atoms with Gasteiger partial charge < -0.3 is 14.8 Å².